The van der Waals surface area contributed by atoms with Gasteiger partial charge in [-0.05, 0) is 30.5 Å². The van der Waals surface area contributed by atoms with Gasteiger partial charge in [0.15, 0.2) is 5.96 Å². The third kappa shape index (κ3) is 10.6. The molecule has 0 saturated heterocycles. The largest absolute Gasteiger partial charge is 0.382 e. The van der Waals surface area contributed by atoms with Gasteiger partial charge in [-0.25, -0.2) is 0 Å². The van der Waals surface area contributed by atoms with Gasteiger partial charge in [0.2, 0.25) is 0 Å². The predicted octanol–water partition coefficient (Wildman–Crippen LogP) is 3.37. The molecule has 0 aromatic heterocycles. The number of methoxy groups -OCH3 is 1. The molecule has 138 valence electrons. The van der Waals surface area contributed by atoms with Crippen molar-refractivity contribution in [3.63, 3.8) is 0 Å². The third-order valence-electron chi connectivity index (χ3n) is 3.12. The minimum atomic E-state index is 0. The number of benzene rings is 1. The molecule has 0 radical (unpaired) electrons. The van der Waals surface area contributed by atoms with Crippen LogP contribution in [0.1, 0.15) is 12.0 Å². The number of aliphatic imine (C=N–C) groups is 1. The standard InChI is InChI=1S/C16H25Cl2N3O2.HI/c1-19-16(21-8-9-23-11-10-22-2)20-7-3-4-13-5-6-14(17)12-15(13)18;/h5-6,12H,3-4,7-11H2,1-2H3,(H2,19,20,21);1H. The monoisotopic (exact) mass is 489 g/mol. The van der Waals surface area contributed by atoms with E-state index in [4.69, 9.17) is 32.7 Å². The maximum atomic E-state index is 6.16. The molecule has 0 bridgehead atoms. The number of hydrogen-bond acceptors (Lipinski definition) is 3. The first-order chi connectivity index (χ1) is 11.2. The van der Waals surface area contributed by atoms with E-state index in [1.54, 1.807) is 20.2 Å². The van der Waals surface area contributed by atoms with E-state index in [2.05, 4.69) is 15.6 Å². The third-order valence-corrected chi connectivity index (χ3v) is 3.71. The normalized spacial score (nSPS) is 11.1. The second kappa shape index (κ2) is 15.0. The second-order valence-electron chi connectivity index (χ2n) is 4.87. The highest BCUT2D eigenvalue weighted by Crippen LogP contribution is 2.21. The first-order valence-electron chi connectivity index (χ1n) is 7.62. The summed E-state index contributed by atoms with van der Waals surface area (Å²) in [6.07, 6.45) is 1.84. The van der Waals surface area contributed by atoms with E-state index in [1.165, 1.54) is 0 Å². The van der Waals surface area contributed by atoms with Crippen LogP contribution in [0.2, 0.25) is 10.0 Å². The van der Waals surface area contributed by atoms with Gasteiger partial charge in [-0.15, -0.1) is 24.0 Å². The molecule has 0 atom stereocenters. The highest BCUT2D eigenvalue weighted by molar-refractivity contribution is 14.0. The number of guanidine groups is 1. The summed E-state index contributed by atoms with van der Waals surface area (Å²) < 4.78 is 10.3. The lowest BCUT2D eigenvalue weighted by atomic mass is 10.1. The minimum absolute atomic E-state index is 0. The van der Waals surface area contributed by atoms with Gasteiger partial charge < -0.3 is 20.1 Å². The zero-order chi connectivity index (χ0) is 16.9. The van der Waals surface area contributed by atoms with Crippen LogP contribution >= 0.6 is 47.2 Å². The molecule has 1 aromatic carbocycles. The fourth-order valence-electron chi connectivity index (χ4n) is 1.92. The van der Waals surface area contributed by atoms with Gasteiger partial charge in [0.05, 0.1) is 19.8 Å². The maximum Gasteiger partial charge on any atom is 0.191 e. The molecule has 0 spiro atoms. The van der Waals surface area contributed by atoms with Crippen molar-refractivity contribution in [2.75, 3.05) is 47.1 Å². The summed E-state index contributed by atoms with van der Waals surface area (Å²) in [4.78, 5) is 4.17. The number of rotatable bonds is 10. The van der Waals surface area contributed by atoms with E-state index >= 15 is 0 Å². The summed E-state index contributed by atoms with van der Waals surface area (Å²) in [6.45, 7) is 3.34. The Bertz CT molecular complexity index is 490. The van der Waals surface area contributed by atoms with Crippen LogP contribution < -0.4 is 10.6 Å². The number of nitrogens with zero attached hydrogens (tertiary/aromatic N) is 1. The molecular formula is C16H26Cl2IN3O2. The van der Waals surface area contributed by atoms with E-state index in [9.17, 15) is 0 Å². The molecule has 0 saturated carbocycles. The van der Waals surface area contributed by atoms with Crippen LogP contribution in [-0.4, -0.2) is 53.0 Å². The Morgan fingerprint density at radius 2 is 1.88 bits per heavy atom. The summed E-state index contributed by atoms with van der Waals surface area (Å²) in [6, 6.07) is 5.60. The highest BCUT2D eigenvalue weighted by Gasteiger charge is 2.02. The average molecular weight is 490 g/mol. The quantitative estimate of drug-likeness (QED) is 0.229. The Kier molecular flexibility index (Phi) is 14.8. The van der Waals surface area contributed by atoms with E-state index in [-0.39, 0.29) is 24.0 Å². The van der Waals surface area contributed by atoms with Gasteiger partial charge in [-0.2, -0.15) is 0 Å². The minimum Gasteiger partial charge on any atom is -0.382 e. The Hall–Kier alpha value is -0.280. The maximum absolute atomic E-state index is 6.16. The molecule has 0 aliphatic carbocycles. The van der Waals surface area contributed by atoms with Crippen LogP contribution in [-0.2, 0) is 15.9 Å². The summed E-state index contributed by atoms with van der Waals surface area (Å²) >= 11 is 12.0. The molecule has 0 fully saturated rings. The molecule has 0 aliphatic rings. The van der Waals surface area contributed by atoms with Crippen LogP contribution in [0.25, 0.3) is 0 Å². The summed E-state index contributed by atoms with van der Waals surface area (Å²) in [5, 5.41) is 7.83. The van der Waals surface area contributed by atoms with Crippen molar-refractivity contribution >= 4 is 53.1 Å². The zero-order valence-electron chi connectivity index (χ0n) is 14.1. The van der Waals surface area contributed by atoms with Crippen LogP contribution in [0.3, 0.4) is 0 Å². The number of hydrogen-bond donors (Lipinski definition) is 2. The van der Waals surface area contributed by atoms with Crippen molar-refractivity contribution in [3.8, 4) is 0 Å². The average Bonchev–Trinajstić information content (AvgIpc) is 2.54. The number of nitrogens with one attached hydrogen (secondary N) is 2. The van der Waals surface area contributed by atoms with Gasteiger partial charge in [0.1, 0.15) is 0 Å². The van der Waals surface area contributed by atoms with Crippen LogP contribution in [0, 0.1) is 0 Å². The topological polar surface area (TPSA) is 54.9 Å². The fourth-order valence-corrected chi connectivity index (χ4v) is 2.42. The van der Waals surface area contributed by atoms with Crippen LogP contribution in [0.5, 0.6) is 0 Å². The molecule has 0 heterocycles. The Balaban J connectivity index is 0.00000529. The Morgan fingerprint density at radius 1 is 1.12 bits per heavy atom. The van der Waals surface area contributed by atoms with Crippen molar-refractivity contribution in [3.05, 3.63) is 33.8 Å². The van der Waals surface area contributed by atoms with E-state index in [0.717, 1.165) is 30.9 Å². The summed E-state index contributed by atoms with van der Waals surface area (Å²) in [5.41, 5.74) is 1.10. The predicted molar refractivity (Wildman–Crippen MR) is 112 cm³/mol. The summed E-state index contributed by atoms with van der Waals surface area (Å²) in [5.74, 6) is 0.766. The van der Waals surface area contributed by atoms with Crippen molar-refractivity contribution in [1.82, 2.24) is 10.6 Å². The molecule has 8 heteroatoms. The lowest BCUT2D eigenvalue weighted by Crippen LogP contribution is -2.39. The Labute approximate surface area is 171 Å². The molecule has 0 unspecified atom stereocenters. The highest BCUT2D eigenvalue weighted by atomic mass is 127. The lowest BCUT2D eigenvalue weighted by Gasteiger charge is -2.12. The zero-order valence-corrected chi connectivity index (χ0v) is 18.0. The molecule has 24 heavy (non-hydrogen) atoms. The number of ether oxygens (including phenoxy) is 2. The molecule has 0 amide bonds. The Morgan fingerprint density at radius 3 is 2.54 bits per heavy atom. The number of halogens is 3. The van der Waals surface area contributed by atoms with Gasteiger partial charge >= 0.3 is 0 Å². The second-order valence-corrected chi connectivity index (χ2v) is 5.71. The van der Waals surface area contributed by atoms with Gasteiger partial charge in [0, 0.05) is 37.3 Å². The van der Waals surface area contributed by atoms with Crippen molar-refractivity contribution < 1.29 is 9.47 Å². The van der Waals surface area contributed by atoms with E-state index in [0.29, 0.717) is 36.4 Å². The van der Waals surface area contributed by atoms with Crippen molar-refractivity contribution in [2.45, 2.75) is 12.8 Å². The molecule has 5 nitrogen and oxygen atoms in total. The van der Waals surface area contributed by atoms with Crippen molar-refractivity contribution in [2.24, 2.45) is 4.99 Å². The molecule has 0 aliphatic heterocycles. The molecule has 1 rings (SSSR count). The van der Waals surface area contributed by atoms with Crippen molar-refractivity contribution in [1.29, 1.82) is 0 Å². The van der Waals surface area contributed by atoms with Gasteiger partial charge in [-0.1, -0.05) is 29.3 Å². The molecular weight excluding hydrogens is 464 g/mol. The summed E-state index contributed by atoms with van der Waals surface area (Å²) in [7, 11) is 3.40. The van der Waals surface area contributed by atoms with E-state index in [1.807, 2.05) is 12.1 Å². The first kappa shape index (κ1) is 23.7. The smallest absolute Gasteiger partial charge is 0.191 e. The molecule has 2 N–H and O–H groups in total. The van der Waals surface area contributed by atoms with E-state index < -0.39 is 0 Å². The first-order valence-corrected chi connectivity index (χ1v) is 8.38. The van der Waals surface area contributed by atoms with Crippen LogP contribution in [0.4, 0.5) is 0 Å². The number of aryl methyl sites for hydroxylation is 1. The SMILES string of the molecule is CN=C(NCCCc1ccc(Cl)cc1Cl)NCCOCCOC.I. The lowest BCUT2D eigenvalue weighted by molar-refractivity contribution is 0.0733. The fraction of sp³-hybridized carbons (Fsp3) is 0.562. The van der Waals surface area contributed by atoms with Gasteiger partial charge in [0.25, 0.3) is 0 Å². The van der Waals surface area contributed by atoms with Gasteiger partial charge in [-0.3, -0.25) is 4.99 Å². The van der Waals surface area contributed by atoms with Crippen LogP contribution in [0.15, 0.2) is 23.2 Å². The molecule has 1 aromatic rings.